The van der Waals surface area contributed by atoms with Gasteiger partial charge in [-0.25, -0.2) is 0 Å². The monoisotopic (exact) mass is 382 g/mol. The third-order valence-electron chi connectivity index (χ3n) is 3.38. The Morgan fingerprint density at radius 1 is 1.09 bits per heavy atom. The molecule has 4 heteroatoms. The first-order valence-electron chi connectivity index (χ1n) is 7.06. The molecule has 0 aromatic heterocycles. The van der Waals surface area contributed by atoms with E-state index in [0.717, 1.165) is 32.1 Å². The van der Waals surface area contributed by atoms with E-state index < -0.39 is 0 Å². The van der Waals surface area contributed by atoms with Gasteiger partial charge in [0.1, 0.15) is 18.1 Å². The summed E-state index contributed by atoms with van der Waals surface area (Å²) in [6.45, 7) is 6.89. The molecule has 0 aliphatic rings. The maximum Gasteiger partial charge on any atom is 0.135 e. The van der Waals surface area contributed by atoms with Gasteiger partial charge in [0, 0.05) is 11.1 Å². The Balaban J connectivity index is 2.14. The van der Waals surface area contributed by atoms with Crippen LogP contribution in [0.1, 0.15) is 31.9 Å². The first kappa shape index (κ1) is 17.2. The Labute approximate surface area is 145 Å². The van der Waals surface area contributed by atoms with Gasteiger partial charge in [0.2, 0.25) is 0 Å². The molecule has 0 amide bonds. The average Bonchev–Trinajstić information content (AvgIpc) is 2.47. The van der Waals surface area contributed by atoms with E-state index in [1.165, 1.54) is 0 Å². The van der Waals surface area contributed by atoms with Crippen molar-refractivity contribution in [1.29, 1.82) is 0 Å². The molecule has 0 fully saturated rings. The topological polar surface area (TPSA) is 18.5 Å². The lowest BCUT2D eigenvalue weighted by molar-refractivity contribution is 0.304. The zero-order valence-corrected chi connectivity index (χ0v) is 15.6. The molecule has 0 bridgehead atoms. The molecule has 22 heavy (non-hydrogen) atoms. The van der Waals surface area contributed by atoms with E-state index in [-0.39, 0.29) is 5.41 Å². The molecule has 0 N–H and O–H groups in total. The van der Waals surface area contributed by atoms with Gasteiger partial charge in [0.15, 0.2) is 0 Å². The summed E-state index contributed by atoms with van der Waals surface area (Å²) in [4.78, 5) is 0. The standard InChI is InChI=1S/C18H20BrClO2/c1-18(2,3)14-9-15(19)17(10-16(14)20)22-11-12-5-7-13(21-4)8-6-12/h5-10H,11H2,1-4H3. The molecule has 0 saturated heterocycles. The molecule has 0 aliphatic carbocycles. The summed E-state index contributed by atoms with van der Waals surface area (Å²) >= 11 is 9.96. The second-order valence-corrected chi connectivity index (χ2v) is 7.41. The highest BCUT2D eigenvalue weighted by Crippen LogP contribution is 2.37. The van der Waals surface area contributed by atoms with Gasteiger partial charge in [-0.05, 0) is 50.7 Å². The van der Waals surface area contributed by atoms with Crippen molar-refractivity contribution in [2.75, 3.05) is 7.11 Å². The van der Waals surface area contributed by atoms with Gasteiger partial charge in [-0.3, -0.25) is 0 Å². The van der Waals surface area contributed by atoms with Crippen LogP contribution >= 0.6 is 27.5 Å². The van der Waals surface area contributed by atoms with Crippen molar-refractivity contribution in [3.05, 3.63) is 57.0 Å². The van der Waals surface area contributed by atoms with Crippen LogP contribution in [0.5, 0.6) is 11.5 Å². The van der Waals surface area contributed by atoms with E-state index in [0.29, 0.717) is 6.61 Å². The minimum atomic E-state index is -0.00584. The Bertz CT molecular complexity index is 645. The van der Waals surface area contributed by atoms with Crippen LogP contribution in [0.15, 0.2) is 40.9 Å². The van der Waals surface area contributed by atoms with Crippen molar-refractivity contribution in [2.45, 2.75) is 32.8 Å². The summed E-state index contributed by atoms with van der Waals surface area (Å²) in [6, 6.07) is 11.7. The highest BCUT2D eigenvalue weighted by molar-refractivity contribution is 9.10. The van der Waals surface area contributed by atoms with Crippen molar-refractivity contribution in [1.82, 2.24) is 0 Å². The number of hydrogen-bond donors (Lipinski definition) is 0. The van der Waals surface area contributed by atoms with Crippen LogP contribution in [0.25, 0.3) is 0 Å². The van der Waals surface area contributed by atoms with Crippen molar-refractivity contribution in [3.63, 3.8) is 0 Å². The fourth-order valence-electron chi connectivity index (χ4n) is 2.10. The third kappa shape index (κ3) is 4.17. The molecule has 0 heterocycles. The largest absolute Gasteiger partial charge is 0.497 e. The highest BCUT2D eigenvalue weighted by atomic mass is 79.9. The molecule has 2 nitrogen and oxygen atoms in total. The molecular formula is C18H20BrClO2. The zero-order chi connectivity index (χ0) is 16.3. The van der Waals surface area contributed by atoms with Crippen LogP contribution in [0.2, 0.25) is 5.02 Å². The molecule has 0 saturated carbocycles. The molecule has 0 atom stereocenters. The zero-order valence-electron chi connectivity index (χ0n) is 13.2. The number of ether oxygens (including phenoxy) is 2. The second-order valence-electron chi connectivity index (χ2n) is 6.15. The Morgan fingerprint density at radius 3 is 2.27 bits per heavy atom. The van der Waals surface area contributed by atoms with Gasteiger partial charge in [0.25, 0.3) is 0 Å². The van der Waals surface area contributed by atoms with E-state index in [1.807, 2.05) is 36.4 Å². The van der Waals surface area contributed by atoms with E-state index >= 15 is 0 Å². The fraction of sp³-hybridized carbons (Fsp3) is 0.333. The summed E-state index contributed by atoms with van der Waals surface area (Å²) in [5.74, 6) is 1.58. The van der Waals surface area contributed by atoms with Crippen LogP contribution in [-0.4, -0.2) is 7.11 Å². The molecule has 2 aromatic carbocycles. The normalized spacial score (nSPS) is 11.4. The third-order valence-corrected chi connectivity index (χ3v) is 4.32. The smallest absolute Gasteiger partial charge is 0.135 e. The first-order valence-corrected chi connectivity index (χ1v) is 8.23. The molecular weight excluding hydrogens is 364 g/mol. The molecule has 0 unspecified atom stereocenters. The molecule has 0 aliphatic heterocycles. The van der Waals surface area contributed by atoms with Gasteiger partial charge in [-0.15, -0.1) is 0 Å². The van der Waals surface area contributed by atoms with Crippen LogP contribution in [0, 0.1) is 0 Å². The predicted octanol–water partition coefficient (Wildman–Crippen LogP) is 5.99. The maximum absolute atomic E-state index is 6.39. The lowest BCUT2D eigenvalue weighted by Gasteiger charge is -2.22. The van der Waals surface area contributed by atoms with Gasteiger partial charge in [-0.1, -0.05) is 44.5 Å². The summed E-state index contributed by atoms with van der Waals surface area (Å²) in [5.41, 5.74) is 2.16. The number of methoxy groups -OCH3 is 1. The van der Waals surface area contributed by atoms with E-state index in [1.54, 1.807) is 7.11 Å². The Morgan fingerprint density at radius 2 is 1.73 bits per heavy atom. The summed E-state index contributed by atoms with van der Waals surface area (Å²) in [5, 5.41) is 0.723. The first-order chi connectivity index (χ1) is 10.3. The van der Waals surface area contributed by atoms with Crippen LogP contribution in [-0.2, 0) is 12.0 Å². The molecule has 2 rings (SSSR count). The number of halogens is 2. The Hall–Kier alpha value is -1.19. The molecule has 118 valence electrons. The SMILES string of the molecule is COc1ccc(COc2cc(Cl)c(C(C)(C)C)cc2Br)cc1. The second kappa shape index (κ2) is 6.93. The van der Waals surface area contributed by atoms with Crippen molar-refractivity contribution >= 4 is 27.5 Å². The fourth-order valence-corrected chi connectivity index (χ4v) is 2.99. The maximum atomic E-state index is 6.39. The lowest BCUT2D eigenvalue weighted by Crippen LogP contribution is -2.12. The summed E-state index contributed by atoms with van der Waals surface area (Å²) < 4.78 is 11.9. The molecule has 0 radical (unpaired) electrons. The van der Waals surface area contributed by atoms with Gasteiger partial charge >= 0.3 is 0 Å². The van der Waals surface area contributed by atoms with Crippen molar-refractivity contribution in [2.24, 2.45) is 0 Å². The van der Waals surface area contributed by atoms with E-state index in [4.69, 9.17) is 21.1 Å². The van der Waals surface area contributed by atoms with Crippen molar-refractivity contribution < 1.29 is 9.47 Å². The van der Waals surface area contributed by atoms with E-state index in [2.05, 4.69) is 36.7 Å². The van der Waals surface area contributed by atoms with Crippen LogP contribution < -0.4 is 9.47 Å². The van der Waals surface area contributed by atoms with Gasteiger partial charge in [0.05, 0.1) is 11.6 Å². The molecule has 2 aromatic rings. The van der Waals surface area contributed by atoms with Crippen molar-refractivity contribution in [3.8, 4) is 11.5 Å². The number of rotatable bonds is 4. The van der Waals surface area contributed by atoms with Crippen LogP contribution in [0.3, 0.4) is 0 Å². The van der Waals surface area contributed by atoms with Gasteiger partial charge < -0.3 is 9.47 Å². The minimum Gasteiger partial charge on any atom is -0.497 e. The van der Waals surface area contributed by atoms with Gasteiger partial charge in [-0.2, -0.15) is 0 Å². The van der Waals surface area contributed by atoms with E-state index in [9.17, 15) is 0 Å². The predicted molar refractivity (Wildman–Crippen MR) is 95.2 cm³/mol. The summed E-state index contributed by atoms with van der Waals surface area (Å²) in [6.07, 6.45) is 0. The van der Waals surface area contributed by atoms with Crippen LogP contribution in [0.4, 0.5) is 0 Å². The highest BCUT2D eigenvalue weighted by Gasteiger charge is 2.19. The molecule has 0 spiro atoms. The number of benzene rings is 2. The number of hydrogen-bond acceptors (Lipinski definition) is 2. The lowest BCUT2D eigenvalue weighted by atomic mass is 9.87. The minimum absolute atomic E-state index is 0.00584. The average molecular weight is 384 g/mol. The Kier molecular flexibility index (Phi) is 5.41. The quantitative estimate of drug-likeness (QED) is 0.646. The summed E-state index contributed by atoms with van der Waals surface area (Å²) in [7, 11) is 1.65.